The molecule has 7 heteroatoms. The van der Waals surface area contributed by atoms with E-state index in [9.17, 15) is 0 Å². The largest absolute Gasteiger partial charge is 0.467 e. The topological polar surface area (TPSA) is 67.6 Å². The monoisotopic (exact) mass is 344 g/mol. The van der Waals surface area contributed by atoms with Crippen molar-refractivity contribution in [3.05, 3.63) is 41.7 Å². The van der Waals surface area contributed by atoms with E-state index in [2.05, 4.69) is 27.8 Å². The van der Waals surface area contributed by atoms with Gasteiger partial charge in [0.2, 0.25) is 0 Å². The SMILES string of the molecule is CC(CCC#N)Sc1nnc(-c2cccs2)n1Cc1ccco1. The zero-order chi connectivity index (χ0) is 16.1. The van der Waals surface area contributed by atoms with Crippen molar-refractivity contribution in [2.75, 3.05) is 0 Å². The molecule has 3 rings (SSSR count). The van der Waals surface area contributed by atoms with Crippen molar-refractivity contribution in [1.29, 1.82) is 5.26 Å². The lowest BCUT2D eigenvalue weighted by atomic mass is 10.3. The number of hydrogen-bond acceptors (Lipinski definition) is 6. The highest BCUT2D eigenvalue weighted by atomic mass is 32.2. The minimum absolute atomic E-state index is 0.311. The van der Waals surface area contributed by atoms with Crippen LogP contribution in [-0.4, -0.2) is 20.0 Å². The van der Waals surface area contributed by atoms with E-state index in [4.69, 9.17) is 9.68 Å². The van der Waals surface area contributed by atoms with Gasteiger partial charge in [-0.2, -0.15) is 5.26 Å². The Balaban J connectivity index is 1.88. The second-order valence-corrected chi connectivity index (χ2v) is 7.43. The first-order chi connectivity index (χ1) is 11.3. The van der Waals surface area contributed by atoms with E-state index in [0.29, 0.717) is 18.2 Å². The maximum absolute atomic E-state index is 8.73. The van der Waals surface area contributed by atoms with E-state index >= 15 is 0 Å². The van der Waals surface area contributed by atoms with Gasteiger partial charge in [-0.15, -0.1) is 21.5 Å². The summed E-state index contributed by atoms with van der Waals surface area (Å²) < 4.78 is 7.56. The van der Waals surface area contributed by atoms with Crippen LogP contribution in [0.2, 0.25) is 0 Å². The Kier molecular flexibility index (Phi) is 5.16. The second kappa shape index (κ2) is 7.49. The lowest BCUT2D eigenvalue weighted by Crippen LogP contribution is -2.05. The molecule has 0 aromatic carbocycles. The van der Waals surface area contributed by atoms with Gasteiger partial charge in [0.1, 0.15) is 5.76 Å². The van der Waals surface area contributed by atoms with Crippen LogP contribution < -0.4 is 0 Å². The molecule has 0 spiro atoms. The first kappa shape index (κ1) is 15.8. The van der Waals surface area contributed by atoms with E-state index in [1.165, 1.54) is 0 Å². The number of thiophene rings is 1. The molecule has 118 valence electrons. The van der Waals surface area contributed by atoms with E-state index in [-0.39, 0.29) is 0 Å². The van der Waals surface area contributed by atoms with Crippen molar-refractivity contribution in [2.45, 2.75) is 36.7 Å². The number of hydrogen-bond donors (Lipinski definition) is 0. The summed E-state index contributed by atoms with van der Waals surface area (Å²) in [5.74, 6) is 1.72. The molecule has 0 bridgehead atoms. The predicted octanol–water partition coefficient (Wildman–Crippen LogP) is 4.43. The van der Waals surface area contributed by atoms with Crippen LogP contribution in [0.3, 0.4) is 0 Å². The molecule has 1 atom stereocenters. The Morgan fingerprint density at radius 2 is 2.30 bits per heavy atom. The Labute approximate surface area is 143 Å². The van der Waals surface area contributed by atoms with Crippen LogP contribution in [0.15, 0.2) is 45.5 Å². The van der Waals surface area contributed by atoms with Crippen LogP contribution in [0.5, 0.6) is 0 Å². The van der Waals surface area contributed by atoms with Crippen LogP contribution in [0.1, 0.15) is 25.5 Å². The van der Waals surface area contributed by atoms with Crippen LogP contribution >= 0.6 is 23.1 Å². The lowest BCUT2D eigenvalue weighted by Gasteiger charge is -2.11. The normalized spacial score (nSPS) is 12.2. The molecule has 0 aliphatic heterocycles. The number of rotatable bonds is 7. The van der Waals surface area contributed by atoms with Crippen molar-refractivity contribution in [3.8, 4) is 16.8 Å². The molecule has 0 N–H and O–H groups in total. The van der Waals surface area contributed by atoms with Crippen LogP contribution in [0.4, 0.5) is 0 Å². The zero-order valence-electron chi connectivity index (χ0n) is 12.7. The molecule has 0 fully saturated rings. The molecule has 0 amide bonds. The quantitative estimate of drug-likeness (QED) is 0.593. The van der Waals surface area contributed by atoms with Crippen molar-refractivity contribution in [3.63, 3.8) is 0 Å². The van der Waals surface area contributed by atoms with E-state index in [1.54, 1.807) is 29.4 Å². The minimum atomic E-state index is 0.311. The summed E-state index contributed by atoms with van der Waals surface area (Å²) >= 11 is 3.29. The molecule has 23 heavy (non-hydrogen) atoms. The third kappa shape index (κ3) is 3.84. The smallest absolute Gasteiger partial charge is 0.192 e. The van der Waals surface area contributed by atoms with Crippen LogP contribution in [0, 0.1) is 11.3 Å². The van der Waals surface area contributed by atoms with Gasteiger partial charge in [-0.1, -0.05) is 24.8 Å². The molecular formula is C16H16N4OS2. The number of nitrogens with zero attached hydrogens (tertiary/aromatic N) is 4. The highest BCUT2D eigenvalue weighted by molar-refractivity contribution is 7.99. The van der Waals surface area contributed by atoms with E-state index in [0.717, 1.165) is 28.0 Å². The Hall–Kier alpha value is -2.04. The summed E-state index contributed by atoms with van der Waals surface area (Å²) in [6.07, 6.45) is 3.06. The van der Waals surface area contributed by atoms with Gasteiger partial charge in [-0.25, -0.2) is 0 Å². The number of nitriles is 1. The van der Waals surface area contributed by atoms with Crippen molar-refractivity contribution in [2.24, 2.45) is 0 Å². The minimum Gasteiger partial charge on any atom is -0.467 e. The number of furan rings is 1. The molecular weight excluding hydrogens is 328 g/mol. The van der Waals surface area contributed by atoms with Gasteiger partial charge in [-0.05, 0) is 30.0 Å². The molecule has 3 heterocycles. The molecule has 0 saturated carbocycles. The zero-order valence-corrected chi connectivity index (χ0v) is 14.3. The van der Waals surface area contributed by atoms with Gasteiger partial charge in [0.25, 0.3) is 0 Å². The maximum atomic E-state index is 8.73. The second-order valence-electron chi connectivity index (χ2n) is 5.07. The lowest BCUT2D eigenvalue weighted by molar-refractivity contribution is 0.485. The first-order valence-electron chi connectivity index (χ1n) is 7.31. The summed E-state index contributed by atoms with van der Waals surface area (Å²) in [6, 6.07) is 10.1. The van der Waals surface area contributed by atoms with Gasteiger partial charge in [0.15, 0.2) is 11.0 Å². The summed E-state index contributed by atoms with van der Waals surface area (Å²) in [5.41, 5.74) is 0. The molecule has 0 aliphatic carbocycles. The third-order valence-electron chi connectivity index (χ3n) is 3.32. The molecule has 0 radical (unpaired) electrons. The fourth-order valence-corrected chi connectivity index (χ4v) is 3.85. The van der Waals surface area contributed by atoms with E-state index < -0.39 is 0 Å². The molecule has 1 unspecified atom stereocenters. The number of thioether (sulfide) groups is 1. The van der Waals surface area contributed by atoms with Gasteiger partial charge in [0.05, 0.1) is 23.8 Å². The van der Waals surface area contributed by atoms with Crippen LogP contribution in [0.25, 0.3) is 10.7 Å². The fraction of sp³-hybridized carbons (Fsp3) is 0.312. The van der Waals surface area contributed by atoms with Crippen molar-refractivity contribution in [1.82, 2.24) is 14.8 Å². The predicted molar refractivity (Wildman–Crippen MR) is 91.3 cm³/mol. The summed E-state index contributed by atoms with van der Waals surface area (Å²) in [6.45, 7) is 2.71. The Bertz CT molecular complexity index is 772. The van der Waals surface area contributed by atoms with Gasteiger partial charge >= 0.3 is 0 Å². The first-order valence-corrected chi connectivity index (χ1v) is 9.07. The fourth-order valence-electron chi connectivity index (χ4n) is 2.17. The number of aromatic nitrogens is 3. The Morgan fingerprint density at radius 1 is 1.39 bits per heavy atom. The summed E-state index contributed by atoms with van der Waals surface area (Å²) in [7, 11) is 0. The van der Waals surface area contributed by atoms with Gasteiger partial charge < -0.3 is 4.42 Å². The van der Waals surface area contributed by atoms with Gasteiger partial charge in [0, 0.05) is 11.7 Å². The summed E-state index contributed by atoms with van der Waals surface area (Å²) in [5, 5.41) is 20.7. The average molecular weight is 344 g/mol. The summed E-state index contributed by atoms with van der Waals surface area (Å²) in [4.78, 5) is 1.08. The average Bonchev–Trinajstić information content (AvgIpc) is 3.28. The molecule has 3 aromatic rings. The molecule has 3 aromatic heterocycles. The molecule has 5 nitrogen and oxygen atoms in total. The molecule has 0 saturated heterocycles. The highest BCUT2D eigenvalue weighted by Crippen LogP contribution is 2.31. The van der Waals surface area contributed by atoms with Crippen LogP contribution in [-0.2, 0) is 6.54 Å². The van der Waals surface area contributed by atoms with Crippen molar-refractivity contribution < 1.29 is 4.42 Å². The molecule has 0 aliphatic rings. The maximum Gasteiger partial charge on any atom is 0.192 e. The van der Waals surface area contributed by atoms with Crippen molar-refractivity contribution >= 4 is 23.1 Å². The van der Waals surface area contributed by atoms with Gasteiger partial charge in [-0.3, -0.25) is 4.57 Å². The highest BCUT2D eigenvalue weighted by Gasteiger charge is 2.18. The van der Waals surface area contributed by atoms with E-state index in [1.807, 2.05) is 29.6 Å². The standard InChI is InChI=1S/C16H16N4OS2/c1-12(5-2-8-17)23-16-19-18-15(14-7-4-10-22-14)20(16)11-13-6-3-9-21-13/h3-4,6-7,9-10,12H,2,5,11H2,1H3. The third-order valence-corrected chi connectivity index (χ3v) is 5.34. The Morgan fingerprint density at radius 3 is 3.00 bits per heavy atom.